The monoisotopic (exact) mass is 202 g/mol. The highest BCUT2D eigenvalue weighted by atomic mass is 15.2. The smallest absolute Gasteiger partial charge is 0.0544 e. The van der Waals surface area contributed by atoms with Crippen molar-refractivity contribution >= 4 is 0 Å². The highest BCUT2D eigenvalue weighted by Crippen LogP contribution is 2.35. The molecular weight excluding hydrogens is 184 g/mol. The molecule has 1 aromatic rings. The van der Waals surface area contributed by atoms with E-state index in [1.807, 2.05) is 12.3 Å². The van der Waals surface area contributed by atoms with E-state index in [4.69, 9.17) is 0 Å². The maximum Gasteiger partial charge on any atom is 0.0544 e. The molecular formula is C13H18N2. The molecule has 4 rings (SSSR count). The summed E-state index contributed by atoms with van der Waals surface area (Å²) in [5.41, 5.74) is 1.23. The molecule has 80 valence electrons. The summed E-state index contributed by atoms with van der Waals surface area (Å²) in [4.78, 5) is 7.05. The SMILES string of the molecule is c1ccc(CN2CC3CCC2CC3)nc1. The molecule has 0 N–H and O–H groups in total. The first-order valence-electron chi connectivity index (χ1n) is 6.06. The molecule has 2 bridgehead atoms. The highest BCUT2D eigenvalue weighted by Gasteiger charge is 2.33. The molecule has 0 spiro atoms. The third kappa shape index (κ3) is 1.91. The highest BCUT2D eigenvalue weighted by molar-refractivity contribution is 5.04. The van der Waals surface area contributed by atoms with E-state index in [2.05, 4.69) is 22.0 Å². The zero-order valence-electron chi connectivity index (χ0n) is 9.10. The minimum atomic E-state index is 0.844. The van der Waals surface area contributed by atoms with Crippen LogP contribution in [-0.4, -0.2) is 22.5 Å². The fourth-order valence-electron chi connectivity index (χ4n) is 3.07. The quantitative estimate of drug-likeness (QED) is 0.732. The minimum absolute atomic E-state index is 0.844. The van der Waals surface area contributed by atoms with Gasteiger partial charge in [0.1, 0.15) is 0 Å². The normalized spacial score (nSPS) is 30.7. The molecule has 2 heteroatoms. The van der Waals surface area contributed by atoms with E-state index in [1.165, 1.54) is 37.9 Å². The first-order valence-corrected chi connectivity index (χ1v) is 6.06. The van der Waals surface area contributed by atoms with Crippen molar-refractivity contribution in [1.29, 1.82) is 0 Å². The summed E-state index contributed by atoms with van der Waals surface area (Å²) in [7, 11) is 0. The van der Waals surface area contributed by atoms with E-state index in [9.17, 15) is 0 Å². The largest absolute Gasteiger partial charge is 0.294 e. The predicted molar refractivity (Wildman–Crippen MR) is 60.4 cm³/mol. The van der Waals surface area contributed by atoms with Crippen LogP contribution in [0.3, 0.4) is 0 Å². The first-order chi connectivity index (χ1) is 7.42. The Morgan fingerprint density at radius 3 is 2.67 bits per heavy atom. The van der Waals surface area contributed by atoms with Gasteiger partial charge in [-0.2, -0.15) is 0 Å². The van der Waals surface area contributed by atoms with Gasteiger partial charge in [-0.3, -0.25) is 9.88 Å². The number of pyridine rings is 1. The second-order valence-electron chi connectivity index (χ2n) is 4.93. The van der Waals surface area contributed by atoms with Crippen LogP contribution in [0.4, 0.5) is 0 Å². The van der Waals surface area contributed by atoms with Crippen molar-refractivity contribution in [1.82, 2.24) is 9.88 Å². The first kappa shape index (κ1) is 9.34. The van der Waals surface area contributed by atoms with E-state index in [1.54, 1.807) is 0 Å². The number of hydrogen-bond donors (Lipinski definition) is 0. The number of fused-ring (bicyclic) bond motifs is 3. The van der Waals surface area contributed by atoms with Gasteiger partial charge in [0.15, 0.2) is 0 Å². The van der Waals surface area contributed by atoms with E-state index < -0.39 is 0 Å². The summed E-state index contributed by atoms with van der Waals surface area (Å²) in [5, 5.41) is 0. The van der Waals surface area contributed by atoms with E-state index >= 15 is 0 Å². The zero-order valence-corrected chi connectivity index (χ0v) is 9.10. The predicted octanol–water partition coefficient (Wildman–Crippen LogP) is 2.46. The molecule has 2 nitrogen and oxygen atoms in total. The van der Waals surface area contributed by atoms with Gasteiger partial charge in [-0.1, -0.05) is 6.07 Å². The van der Waals surface area contributed by atoms with E-state index in [0.717, 1.165) is 18.5 Å². The molecule has 3 heterocycles. The Hall–Kier alpha value is -0.890. The Morgan fingerprint density at radius 1 is 1.20 bits per heavy atom. The molecule has 0 radical (unpaired) electrons. The van der Waals surface area contributed by atoms with Gasteiger partial charge < -0.3 is 0 Å². The van der Waals surface area contributed by atoms with Crippen molar-refractivity contribution < 1.29 is 0 Å². The van der Waals surface area contributed by atoms with Crippen LogP contribution in [0.5, 0.6) is 0 Å². The fraction of sp³-hybridized carbons (Fsp3) is 0.615. The number of hydrogen-bond acceptors (Lipinski definition) is 2. The fourth-order valence-corrected chi connectivity index (χ4v) is 3.07. The van der Waals surface area contributed by atoms with Crippen LogP contribution in [-0.2, 0) is 6.54 Å². The maximum atomic E-state index is 4.41. The third-order valence-electron chi connectivity index (χ3n) is 3.92. The summed E-state index contributed by atoms with van der Waals surface area (Å²) >= 11 is 0. The summed E-state index contributed by atoms with van der Waals surface area (Å²) < 4.78 is 0. The van der Waals surface area contributed by atoms with E-state index in [0.29, 0.717) is 0 Å². The molecule has 3 fully saturated rings. The number of aromatic nitrogens is 1. The topological polar surface area (TPSA) is 16.1 Å². The van der Waals surface area contributed by atoms with Gasteiger partial charge in [0.25, 0.3) is 0 Å². The van der Waals surface area contributed by atoms with Crippen LogP contribution in [0, 0.1) is 5.92 Å². The summed E-state index contributed by atoms with van der Waals surface area (Å²) in [6.45, 7) is 2.36. The van der Waals surface area contributed by atoms with Crippen molar-refractivity contribution in [3.05, 3.63) is 30.1 Å². The van der Waals surface area contributed by atoms with Gasteiger partial charge in [-0.25, -0.2) is 0 Å². The molecule has 1 saturated carbocycles. The Balaban J connectivity index is 1.69. The van der Waals surface area contributed by atoms with Gasteiger partial charge in [-0.15, -0.1) is 0 Å². The van der Waals surface area contributed by atoms with Crippen molar-refractivity contribution in [3.8, 4) is 0 Å². The Labute approximate surface area is 91.3 Å². The lowest BCUT2D eigenvalue weighted by molar-refractivity contribution is 0.0416. The van der Waals surface area contributed by atoms with Gasteiger partial charge in [-0.05, 0) is 43.7 Å². The molecule has 15 heavy (non-hydrogen) atoms. The van der Waals surface area contributed by atoms with Crippen molar-refractivity contribution in [2.24, 2.45) is 5.92 Å². The van der Waals surface area contributed by atoms with E-state index in [-0.39, 0.29) is 0 Å². The van der Waals surface area contributed by atoms with Gasteiger partial charge >= 0.3 is 0 Å². The van der Waals surface area contributed by atoms with Crippen molar-refractivity contribution in [2.75, 3.05) is 6.54 Å². The van der Waals surface area contributed by atoms with Gasteiger partial charge in [0.2, 0.25) is 0 Å². The number of piperidine rings is 2. The van der Waals surface area contributed by atoms with Crippen LogP contribution in [0.15, 0.2) is 24.4 Å². The lowest BCUT2D eigenvalue weighted by Gasteiger charge is -2.45. The lowest BCUT2D eigenvalue weighted by atomic mass is 9.80. The van der Waals surface area contributed by atoms with Crippen molar-refractivity contribution in [3.63, 3.8) is 0 Å². The minimum Gasteiger partial charge on any atom is -0.294 e. The molecule has 3 aliphatic rings. The molecule has 2 saturated heterocycles. The van der Waals surface area contributed by atoms with Gasteiger partial charge in [0.05, 0.1) is 5.69 Å². The number of rotatable bonds is 2. The maximum absolute atomic E-state index is 4.41. The lowest BCUT2D eigenvalue weighted by Crippen LogP contribution is -2.47. The molecule has 2 aliphatic heterocycles. The molecule has 1 aromatic heterocycles. The summed E-state index contributed by atoms with van der Waals surface area (Å²) in [5.74, 6) is 0.971. The molecule has 0 unspecified atom stereocenters. The Bertz CT molecular complexity index is 315. The Morgan fingerprint density at radius 2 is 2.07 bits per heavy atom. The molecule has 0 atom stereocenters. The van der Waals surface area contributed by atoms with Crippen LogP contribution in [0.2, 0.25) is 0 Å². The van der Waals surface area contributed by atoms with Crippen molar-refractivity contribution in [2.45, 2.75) is 38.3 Å². The third-order valence-corrected chi connectivity index (χ3v) is 3.92. The summed E-state index contributed by atoms with van der Waals surface area (Å²) in [6.07, 6.45) is 7.65. The van der Waals surface area contributed by atoms with Crippen LogP contribution in [0.1, 0.15) is 31.4 Å². The Kier molecular flexibility index (Phi) is 2.45. The molecule has 0 aromatic carbocycles. The standard InChI is InChI=1S/C13H18N2/c1-2-8-14-12(3-1)10-15-9-11-4-6-13(15)7-5-11/h1-3,8,11,13H,4-7,9-10H2. The summed E-state index contributed by atoms with van der Waals surface area (Å²) in [6, 6.07) is 7.07. The average Bonchev–Trinajstić information content (AvgIpc) is 2.32. The number of nitrogens with zero attached hydrogens (tertiary/aromatic N) is 2. The zero-order chi connectivity index (χ0) is 10.1. The molecule has 1 aliphatic carbocycles. The second kappa shape index (κ2) is 3.93. The van der Waals surface area contributed by atoms with Crippen LogP contribution in [0.25, 0.3) is 0 Å². The molecule has 0 amide bonds. The van der Waals surface area contributed by atoms with Gasteiger partial charge in [0, 0.05) is 25.3 Å². The van der Waals surface area contributed by atoms with Crippen LogP contribution < -0.4 is 0 Å². The second-order valence-corrected chi connectivity index (χ2v) is 4.93. The van der Waals surface area contributed by atoms with Crippen LogP contribution >= 0.6 is 0 Å². The average molecular weight is 202 g/mol.